The Balaban J connectivity index is -0.0000000800. The van der Waals surface area contributed by atoms with Gasteiger partial charge in [-0.1, -0.05) is 0 Å². The molecule has 0 aliphatic rings. The second-order valence-corrected chi connectivity index (χ2v) is 1.34. The van der Waals surface area contributed by atoms with Crippen molar-refractivity contribution in [2.45, 2.75) is 0 Å². The first kappa shape index (κ1) is 16.1. The maximum atomic E-state index is 8.55. The van der Waals surface area contributed by atoms with Gasteiger partial charge in [0.15, 0.2) is 0 Å². The average Bonchev–Trinajstić information content (AvgIpc) is 0.722. The van der Waals surface area contributed by atoms with E-state index in [-0.39, 0.29) is 65.9 Å². The van der Waals surface area contributed by atoms with Crippen molar-refractivity contribution in [2.24, 2.45) is 0 Å². The maximum absolute atomic E-state index is 8.55. The Kier molecular flexibility index (Phi) is 14.5. The van der Waals surface area contributed by atoms with Crippen LogP contribution >= 0.6 is 7.82 Å². The van der Waals surface area contributed by atoms with Gasteiger partial charge in [-0.2, -0.15) is 7.82 Å². The Morgan fingerprint density at radius 2 is 1.14 bits per heavy atom. The van der Waals surface area contributed by atoms with Crippen LogP contribution in [0.2, 0.25) is 0 Å². The summed E-state index contributed by atoms with van der Waals surface area (Å²) >= 11 is 0. The van der Waals surface area contributed by atoms with E-state index in [2.05, 4.69) is 0 Å². The van der Waals surface area contributed by atoms with Gasteiger partial charge in [-0.05, 0) is 0 Å². The van der Waals surface area contributed by atoms with Gasteiger partial charge in [0.25, 0.3) is 0 Å². The Morgan fingerprint density at radius 3 is 1.14 bits per heavy atom. The fraction of sp³-hybridized carbons (Fsp3) is 0. The van der Waals surface area contributed by atoms with Crippen LogP contribution in [-0.2, 0) is 21.6 Å². The molecular formula is BaFeO4P+. The SMILES string of the molecule is O=P([O-])([O-])[O-].[Ba+2].[Fe+2]. The van der Waals surface area contributed by atoms with Crippen molar-refractivity contribution in [2.75, 3.05) is 0 Å². The van der Waals surface area contributed by atoms with Crippen LogP contribution < -0.4 is 14.7 Å². The summed E-state index contributed by atoms with van der Waals surface area (Å²) in [6, 6.07) is 0. The molecule has 38 valence electrons. The molecule has 0 unspecified atom stereocenters. The third-order valence-electron chi connectivity index (χ3n) is 0. The topological polar surface area (TPSA) is 86.2 Å². The summed E-state index contributed by atoms with van der Waals surface area (Å²) in [6.45, 7) is 0. The second kappa shape index (κ2) is 6.32. The average molecular weight is 288 g/mol. The minimum Gasteiger partial charge on any atom is -0.822 e. The molecule has 0 bridgehead atoms. The maximum Gasteiger partial charge on any atom is 2.00 e. The van der Waals surface area contributed by atoms with Gasteiger partial charge in [0.2, 0.25) is 0 Å². The fourth-order valence-electron chi connectivity index (χ4n) is 0. The molecule has 4 nitrogen and oxygen atoms in total. The third-order valence-corrected chi connectivity index (χ3v) is 0. The molecule has 0 atom stereocenters. The van der Waals surface area contributed by atoms with Crippen LogP contribution in [0.1, 0.15) is 0 Å². The monoisotopic (exact) mass is 289 g/mol. The largest absolute Gasteiger partial charge is 2.00 e. The molecule has 0 N–H and O–H groups in total. The van der Waals surface area contributed by atoms with Crippen LogP contribution in [0.5, 0.6) is 0 Å². The summed E-state index contributed by atoms with van der Waals surface area (Å²) in [5, 5.41) is 0. The molecule has 0 spiro atoms. The predicted molar refractivity (Wildman–Crippen MR) is 13.4 cm³/mol. The molecule has 0 saturated heterocycles. The Labute approximate surface area is 91.5 Å². The Morgan fingerprint density at radius 1 is 1.14 bits per heavy atom. The molecule has 0 saturated carbocycles. The second-order valence-electron chi connectivity index (χ2n) is 0.447. The summed E-state index contributed by atoms with van der Waals surface area (Å²) in [5.41, 5.74) is 0. The van der Waals surface area contributed by atoms with Crippen molar-refractivity contribution in [3.8, 4) is 0 Å². The van der Waals surface area contributed by atoms with Crippen molar-refractivity contribution in [3.05, 3.63) is 0 Å². The summed E-state index contributed by atoms with van der Waals surface area (Å²) in [7, 11) is -5.39. The number of hydrogen-bond donors (Lipinski definition) is 0. The van der Waals surface area contributed by atoms with Gasteiger partial charge in [0.05, 0.1) is 0 Å². The smallest absolute Gasteiger partial charge is 0.822 e. The van der Waals surface area contributed by atoms with Gasteiger partial charge < -0.3 is 19.2 Å². The molecule has 0 aromatic carbocycles. The van der Waals surface area contributed by atoms with E-state index in [4.69, 9.17) is 19.2 Å². The summed E-state index contributed by atoms with van der Waals surface area (Å²) in [4.78, 5) is 25.6. The van der Waals surface area contributed by atoms with E-state index in [1.54, 1.807) is 0 Å². The van der Waals surface area contributed by atoms with Gasteiger partial charge in [0, 0.05) is 0 Å². The minimum absolute atomic E-state index is 0. The zero-order valence-corrected chi connectivity index (χ0v) is 9.58. The van der Waals surface area contributed by atoms with Crippen molar-refractivity contribution < 1.29 is 36.3 Å². The van der Waals surface area contributed by atoms with Crippen molar-refractivity contribution in [3.63, 3.8) is 0 Å². The van der Waals surface area contributed by atoms with Gasteiger partial charge in [0.1, 0.15) is 0 Å². The van der Waals surface area contributed by atoms with Gasteiger partial charge >= 0.3 is 65.9 Å². The first-order chi connectivity index (χ1) is 2.00. The summed E-state index contributed by atoms with van der Waals surface area (Å²) in [5.74, 6) is 0. The van der Waals surface area contributed by atoms with Crippen molar-refractivity contribution >= 4 is 56.7 Å². The first-order valence-electron chi connectivity index (χ1n) is 0.730. The molecule has 0 aromatic heterocycles. The van der Waals surface area contributed by atoms with E-state index in [0.717, 1.165) is 0 Å². The zero-order chi connectivity index (χ0) is 4.50. The molecule has 0 aliphatic heterocycles. The molecular weight excluding hydrogens is 288 g/mol. The van der Waals surface area contributed by atoms with E-state index in [9.17, 15) is 0 Å². The third kappa shape index (κ3) is 65.1. The normalized spacial score (nSPS) is 8.43. The van der Waals surface area contributed by atoms with E-state index in [0.29, 0.717) is 0 Å². The van der Waals surface area contributed by atoms with Crippen LogP contribution in [0, 0.1) is 0 Å². The molecule has 7 heteroatoms. The van der Waals surface area contributed by atoms with Crippen LogP contribution in [-0.4, -0.2) is 48.9 Å². The minimum atomic E-state index is -5.39. The van der Waals surface area contributed by atoms with Crippen LogP contribution in [0.3, 0.4) is 0 Å². The van der Waals surface area contributed by atoms with Crippen LogP contribution in [0.15, 0.2) is 0 Å². The van der Waals surface area contributed by atoms with Crippen molar-refractivity contribution in [1.82, 2.24) is 0 Å². The van der Waals surface area contributed by atoms with Crippen LogP contribution in [0.4, 0.5) is 0 Å². The van der Waals surface area contributed by atoms with Gasteiger partial charge in [-0.15, -0.1) is 0 Å². The number of hydrogen-bond acceptors (Lipinski definition) is 4. The molecule has 0 rings (SSSR count). The molecule has 0 fully saturated rings. The zero-order valence-electron chi connectivity index (χ0n) is 3.14. The number of phosphoric acid groups is 1. The van der Waals surface area contributed by atoms with Gasteiger partial charge in [-0.25, -0.2) is 0 Å². The molecule has 0 radical (unpaired) electrons. The Hall–Kier alpha value is 2.20. The van der Waals surface area contributed by atoms with E-state index >= 15 is 0 Å². The standard InChI is InChI=1S/Ba.Fe.H3O4P/c;;1-5(2,3)4/h;;(H3,1,2,3,4)/q2*+2;/p-3. The number of rotatable bonds is 0. The fourth-order valence-corrected chi connectivity index (χ4v) is 0. The molecule has 0 heterocycles. The van der Waals surface area contributed by atoms with E-state index in [1.165, 1.54) is 0 Å². The molecule has 0 aliphatic carbocycles. The quantitative estimate of drug-likeness (QED) is 0.347. The molecule has 0 aromatic rings. The summed E-state index contributed by atoms with van der Waals surface area (Å²) in [6.07, 6.45) is 0. The van der Waals surface area contributed by atoms with E-state index in [1.807, 2.05) is 0 Å². The van der Waals surface area contributed by atoms with E-state index < -0.39 is 7.82 Å². The predicted octanol–water partition coefficient (Wildman–Crippen LogP) is -3.21. The van der Waals surface area contributed by atoms with Crippen molar-refractivity contribution in [1.29, 1.82) is 0 Å². The molecule has 7 heavy (non-hydrogen) atoms. The first-order valence-corrected chi connectivity index (χ1v) is 2.19. The Bertz CT molecular complexity index is 57.8. The van der Waals surface area contributed by atoms with Crippen LogP contribution in [0.25, 0.3) is 0 Å². The summed E-state index contributed by atoms with van der Waals surface area (Å²) < 4.78 is 8.55. The molecule has 0 amide bonds. The van der Waals surface area contributed by atoms with Gasteiger partial charge in [-0.3, -0.25) is 0 Å².